The third kappa shape index (κ3) is 2.73. The Morgan fingerprint density at radius 1 is 1.41 bits per heavy atom. The molecule has 6 nitrogen and oxygen atoms in total. The maximum absolute atomic E-state index is 11.2. The first-order valence-corrected chi connectivity index (χ1v) is 6.81. The molecule has 1 aromatic rings. The molecule has 0 saturated heterocycles. The second kappa shape index (κ2) is 4.23. The van der Waals surface area contributed by atoms with E-state index in [1.54, 1.807) is 18.2 Å². The molecule has 2 rings (SSSR count). The number of aryl methyl sites for hydroxylation is 1. The summed E-state index contributed by atoms with van der Waals surface area (Å²) >= 11 is 0. The first-order chi connectivity index (χ1) is 7.87. The molecule has 0 fully saturated rings. The van der Waals surface area contributed by atoms with Crippen molar-refractivity contribution in [1.82, 2.24) is 0 Å². The van der Waals surface area contributed by atoms with Gasteiger partial charge in [-0.25, -0.2) is 4.79 Å². The van der Waals surface area contributed by atoms with Gasteiger partial charge in [0.2, 0.25) is 0 Å². The molecule has 0 bridgehead atoms. The van der Waals surface area contributed by atoms with E-state index in [1.165, 1.54) is 0 Å². The molecule has 1 unspecified atom stereocenters. The lowest BCUT2D eigenvalue weighted by Crippen LogP contribution is -2.18. The number of nitrogens with two attached hydrogens (primary N) is 1. The Labute approximate surface area is 97.6 Å². The number of carbonyl (C=O) groups excluding carboxylic acids is 1. The van der Waals surface area contributed by atoms with Crippen molar-refractivity contribution in [2.45, 2.75) is 12.5 Å². The Morgan fingerprint density at radius 3 is 2.76 bits per heavy atom. The normalized spacial score (nSPS) is 19.0. The summed E-state index contributed by atoms with van der Waals surface area (Å²) in [7, 11) is -4.01. The smallest absolute Gasteiger partial charge is 0.333 e. The van der Waals surface area contributed by atoms with Gasteiger partial charge in [-0.3, -0.25) is 4.57 Å². The number of rotatable bonds is 3. The molecule has 1 aliphatic heterocycles. The number of hydrogen-bond donors (Lipinski definition) is 3. The summed E-state index contributed by atoms with van der Waals surface area (Å²) in [6, 6.07) is 4.11. The van der Waals surface area contributed by atoms with Crippen molar-refractivity contribution in [2.75, 3.05) is 6.16 Å². The highest BCUT2D eigenvalue weighted by molar-refractivity contribution is 7.51. The largest absolute Gasteiger partial charge is 0.425 e. The molecule has 1 aliphatic rings. The molecule has 0 aromatic heterocycles. The van der Waals surface area contributed by atoms with Crippen LogP contribution in [0.25, 0.3) is 0 Å². The number of carbonyl (C=O) groups is 1. The fourth-order valence-electron chi connectivity index (χ4n) is 1.66. The van der Waals surface area contributed by atoms with Crippen molar-refractivity contribution in [3.8, 4) is 5.75 Å². The summed E-state index contributed by atoms with van der Waals surface area (Å²) in [5.41, 5.74) is 6.90. The molecule has 7 heteroatoms. The molecule has 0 radical (unpaired) electrons. The van der Waals surface area contributed by atoms with E-state index in [4.69, 9.17) is 20.3 Å². The van der Waals surface area contributed by atoms with Crippen molar-refractivity contribution in [3.05, 3.63) is 29.3 Å². The zero-order valence-electron chi connectivity index (χ0n) is 8.87. The van der Waals surface area contributed by atoms with E-state index in [2.05, 4.69) is 0 Å². The van der Waals surface area contributed by atoms with E-state index in [1.807, 2.05) is 0 Å². The minimum Gasteiger partial charge on any atom is -0.425 e. The van der Waals surface area contributed by atoms with Crippen molar-refractivity contribution in [3.63, 3.8) is 0 Å². The summed E-state index contributed by atoms with van der Waals surface area (Å²) < 4.78 is 15.6. The number of ether oxygens (including phenoxy) is 1. The molecule has 4 N–H and O–H groups in total. The molecule has 0 aliphatic carbocycles. The van der Waals surface area contributed by atoms with Crippen molar-refractivity contribution in [2.24, 2.45) is 5.73 Å². The molecular weight excluding hydrogens is 245 g/mol. The minimum absolute atomic E-state index is 0.226. The Kier molecular flexibility index (Phi) is 3.05. The van der Waals surface area contributed by atoms with Crippen LogP contribution in [0.3, 0.4) is 0 Å². The van der Waals surface area contributed by atoms with Gasteiger partial charge in [-0.15, -0.1) is 0 Å². The fourth-order valence-corrected chi connectivity index (χ4v) is 2.21. The number of fused-ring (bicyclic) bond motifs is 1. The average Bonchev–Trinajstić information content (AvgIpc) is 2.51. The summed E-state index contributed by atoms with van der Waals surface area (Å²) in [6.45, 7) is 0. The molecule has 1 heterocycles. The van der Waals surface area contributed by atoms with Crippen LogP contribution in [0.5, 0.6) is 5.75 Å². The van der Waals surface area contributed by atoms with Crippen molar-refractivity contribution < 1.29 is 23.9 Å². The van der Waals surface area contributed by atoms with Crippen molar-refractivity contribution in [1.29, 1.82) is 0 Å². The molecule has 1 atom stereocenters. The zero-order valence-corrected chi connectivity index (χ0v) is 9.76. The van der Waals surface area contributed by atoms with Gasteiger partial charge in [-0.05, 0) is 24.1 Å². The number of esters is 1. The lowest BCUT2D eigenvalue weighted by Gasteiger charge is -2.06. The lowest BCUT2D eigenvalue weighted by atomic mass is 10.0. The summed E-state index contributed by atoms with van der Waals surface area (Å²) in [4.78, 5) is 28.7. The van der Waals surface area contributed by atoms with E-state index in [0.717, 1.165) is 5.56 Å². The van der Waals surface area contributed by atoms with E-state index in [-0.39, 0.29) is 12.6 Å². The molecule has 92 valence electrons. The van der Waals surface area contributed by atoms with Crippen LogP contribution in [0, 0.1) is 0 Å². The van der Waals surface area contributed by atoms with E-state index in [0.29, 0.717) is 11.3 Å². The van der Waals surface area contributed by atoms with Gasteiger partial charge in [-0.2, -0.15) is 0 Å². The van der Waals surface area contributed by atoms with E-state index >= 15 is 0 Å². The first kappa shape index (κ1) is 12.3. The second-order valence-corrected chi connectivity index (χ2v) is 5.69. The standard InChI is InChI=1S/C10H12NO5P/c11-9-7-5-6(3-4-17(13,14)15)1-2-8(7)16-10(9)12/h1-2,5,9H,3-4,11H2,(H2,13,14,15). The average molecular weight is 257 g/mol. The van der Waals surface area contributed by atoms with Crippen LogP contribution < -0.4 is 10.5 Å². The van der Waals surface area contributed by atoms with Crippen LogP contribution in [-0.4, -0.2) is 21.9 Å². The van der Waals surface area contributed by atoms with Crippen LogP contribution in [0.15, 0.2) is 18.2 Å². The summed E-state index contributed by atoms with van der Waals surface area (Å²) in [5, 5.41) is 0. The van der Waals surface area contributed by atoms with Crippen LogP contribution >= 0.6 is 7.60 Å². The highest BCUT2D eigenvalue weighted by Crippen LogP contribution is 2.36. The Bertz CT molecular complexity index is 509. The third-order valence-electron chi connectivity index (χ3n) is 2.57. The Morgan fingerprint density at radius 2 is 2.12 bits per heavy atom. The highest BCUT2D eigenvalue weighted by Gasteiger charge is 2.29. The molecule has 0 amide bonds. The van der Waals surface area contributed by atoms with Gasteiger partial charge >= 0.3 is 13.6 Å². The Balaban J connectivity index is 2.18. The molecule has 0 spiro atoms. The molecule has 17 heavy (non-hydrogen) atoms. The third-order valence-corrected chi connectivity index (χ3v) is 3.37. The van der Waals surface area contributed by atoms with Gasteiger partial charge in [0.05, 0.1) is 6.16 Å². The topological polar surface area (TPSA) is 110 Å². The number of benzene rings is 1. The van der Waals surface area contributed by atoms with Crippen LogP contribution in [0.4, 0.5) is 0 Å². The molecular formula is C10H12NO5P. The maximum Gasteiger partial charge on any atom is 0.333 e. The fraction of sp³-hybridized carbons (Fsp3) is 0.300. The SMILES string of the molecule is NC1C(=O)Oc2ccc(CCP(=O)(O)O)cc21. The second-order valence-electron chi connectivity index (χ2n) is 3.91. The van der Waals surface area contributed by atoms with E-state index < -0.39 is 19.6 Å². The monoisotopic (exact) mass is 257 g/mol. The van der Waals surface area contributed by atoms with Gasteiger partial charge < -0.3 is 20.3 Å². The maximum atomic E-state index is 11.2. The van der Waals surface area contributed by atoms with Gasteiger partial charge in [0.1, 0.15) is 11.8 Å². The van der Waals surface area contributed by atoms with Crippen molar-refractivity contribution >= 4 is 13.6 Å². The summed E-state index contributed by atoms with van der Waals surface area (Å²) in [5.74, 6) is -0.0884. The predicted octanol–water partition coefficient (Wildman–Crippen LogP) is 0.326. The van der Waals surface area contributed by atoms with Crippen LogP contribution in [0.2, 0.25) is 0 Å². The predicted molar refractivity (Wildman–Crippen MR) is 59.6 cm³/mol. The van der Waals surface area contributed by atoms with Gasteiger partial charge in [-0.1, -0.05) is 6.07 Å². The quantitative estimate of drug-likeness (QED) is 0.409. The minimum atomic E-state index is -4.01. The van der Waals surface area contributed by atoms with Gasteiger partial charge in [0.25, 0.3) is 0 Å². The molecule has 1 aromatic carbocycles. The van der Waals surface area contributed by atoms with Gasteiger partial charge in [0, 0.05) is 5.56 Å². The molecule has 0 saturated carbocycles. The van der Waals surface area contributed by atoms with Gasteiger partial charge in [0.15, 0.2) is 0 Å². The van der Waals surface area contributed by atoms with Crippen LogP contribution in [-0.2, 0) is 15.8 Å². The summed E-state index contributed by atoms with van der Waals surface area (Å²) in [6.07, 6.45) is 0.00823. The number of hydrogen-bond acceptors (Lipinski definition) is 4. The Hall–Kier alpha value is -1.20. The lowest BCUT2D eigenvalue weighted by molar-refractivity contribution is -0.133. The first-order valence-electron chi connectivity index (χ1n) is 5.01. The van der Waals surface area contributed by atoms with E-state index in [9.17, 15) is 9.36 Å². The zero-order chi connectivity index (χ0) is 12.6. The highest BCUT2D eigenvalue weighted by atomic mass is 31.2. The van der Waals surface area contributed by atoms with Crippen LogP contribution in [0.1, 0.15) is 17.2 Å².